The number of amides is 2. The SMILES string of the molecule is COc1ccccc1C1(CNC(=O)CCC(=O)N(CCC#N)c2ccccc2)CCCC1. The molecule has 0 aromatic heterocycles. The van der Waals surface area contributed by atoms with Crippen LogP contribution < -0.4 is 15.0 Å². The fourth-order valence-corrected chi connectivity index (χ4v) is 4.56. The number of carbonyl (C=O) groups excluding carboxylic acids is 2. The number of rotatable bonds is 10. The second-order valence-electron chi connectivity index (χ2n) is 8.25. The Balaban J connectivity index is 1.60. The Bertz CT molecular complexity index is 946. The van der Waals surface area contributed by atoms with Gasteiger partial charge in [0.2, 0.25) is 11.8 Å². The van der Waals surface area contributed by atoms with Gasteiger partial charge in [-0.3, -0.25) is 9.59 Å². The summed E-state index contributed by atoms with van der Waals surface area (Å²) in [4.78, 5) is 27.0. The van der Waals surface area contributed by atoms with Crippen molar-refractivity contribution in [2.45, 2.75) is 50.4 Å². The first-order chi connectivity index (χ1) is 15.6. The number of hydrogen-bond acceptors (Lipinski definition) is 4. The minimum absolute atomic E-state index is 0.105. The fourth-order valence-electron chi connectivity index (χ4n) is 4.56. The summed E-state index contributed by atoms with van der Waals surface area (Å²) in [7, 11) is 1.68. The number of ether oxygens (including phenoxy) is 1. The Kier molecular flexibility index (Phi) is 8.27. The lowest BCUT2D eigenvalue weighted by atomic mass is 9.78. The first kappa shape index (κ1) is 23.3. The second-order valence-corrected chi connectivity index (χ2v) is 8.25. The van der Waals surface area contributed by atoms with Crippen LogP contribution in [-0.2, 0) is 15.0 Å². The first-order valence-electron chi connectivity index (χ1n) is 11.2. The zero-order valence-electron chi connectivity index (χ0n) is 18.7. The molecule has 3 rings (SSSR count). The number of methoxy groups -OCH3 is 1. The molecule has 2 aromatic rings. The number of carbonyl (C=O) groups is 2. The molecule has 2 aromatic carbocycles. The van der Waals surface area contributed by atoms with E-state index in [-0.39, 0.29) is 36.5 Å². The Hall–Kier alpha value is -3.33. The lowest BCUT2D eigenvalue weighted by molar-refractivity contribution is -0.125. The molecule has 2 amide bonds. The van der Waals surface area contributed by atoms with Gasteiger partial charge in [-0.1, -0.05) is 49.2 Å². The molecule has 32 heavy (non-hydrogen) atoms. The summed E-state index contributed by atoms with van der Waals surface area (Å²) < 4.78 is 5.58. The van der Waals surface area contributed by atoms with E-state index in [1.165, 1.54) is 0 Å². The van der Waals surface area contributed by atoms with Gasteiger partial charge in [0.25, 0.3) is 0 Å². The first-order valence-corrected chi connectivity index (χ1v) is 11.2. The number of nitriles is 1. The van der Waals surface area contributed by atoms with Crippen LogP contribution in [0.4, 0.5) is 5.69 Å². The number of nitrogens with zero attached hydrogens (tertiary/aromatic N) is 2. The Labute approximate surface area is 190 Å². The third-order valence-corrected chi connectivity index (χ3v) is 6.24. The molecule has 0 radical (unpaired) electrons. The van der Waals surface area contributed by atoms with E-state index < -0.39 is 0 Å². The van der Waals surface area contributed by atoms with Crippen LogP contribution in [0, 0.1) is 11.3 Å². The lowest BCUT2D eigenvalue weighted by Gasteiger charge is -2.31. The number of nitrogens with one attached hydrogen (secondary N) is 1. The van der Waals surface area contributed by atoms with Crippen LogP contribution in [0.1, 0.15) is 50.5 Å². The molecule has 0 spiro atoms. The molecule has 1 N–H and O–H groups in total. The maximum atomic E-state index is 12.8. The molecule has 1 aliphatic carbocycles. The number of para-hydroxylation sites is 2. The highest BCUT2D eigenvalue weighted by Gasteiger charge is 2.38. The molecule has 6 nitrogen and oxygen atoms in total. The Morgan fingerprint density at radius 3 is 2.44 bits per heavy atom. The van der Waals surface area contributed by atoms with Crippen molar-refractivity contribution in [2.24, 2.45) is 0 Å². The highest BCUT2D eigenvalue weighted by atomic mass is 16.5. The average Bonchev–Trinajstić information content (AvgIpc) is 3.32. The van der Waals surface area contributed by atoms with Crippen molar-refractivity contribution in [3.63, 3.8) is 0 Å². The van der Waals surface area contributed by atoms with Crippen molar-refractivity contribution >= 4 is 17.5 Å². The summed E-state index contributed by atoms with van der Waals surface area (Å²) in [6.07, 6.45) is 4.72. The second kappa shape index (κ2) is 11.3. The molecule has 0 heterocycles. The van der Waals surface area contributed by atoms with Gasteiger partial charge in [0.05, 0.1) is 19.6 Å². The van der Waals surface area contributed by atoms with Gasteiger partial charge in [-0.2, -0.15) is 5.26 Å². The van der Waals surface area contributed by atoms with E-state index >= 15 is 0 Å². The van der Waals surface area contributed by atoms with Crippen molar-refractivity contribution < 1.29 is 14.3 Å². The highest BCUT2D eigenvalue weighted by molar-refractivity contribution is 5.95. The fraction of sp³-hybridized carbons (Fsp3) is 0.423. The highest BCUT2D eigenvalue weighted by Crippen LogP contribution is 2.44. The quantitative estimate of drug-likeness (QED) is 0.604. The van der Waals surface area contributed by atoms with Gasteiger partial charge in [0.1, 0.15) is 5.75 Å². The topological polar surface area (TPSA) is 82.4 Å². The average molecular weight is 434 g/mol. The zero-order valence-corrected chi connectivity index (χ0v) is 18.7. The zero-order chi connectivity index (χ0) is 22.8. The maximum absolute atomic E-state index is 12.8. The van der Waals surface area contributed by atoms with Gasteiger partial charge in [-0.05, 0) is 31.0 Å². The van der Waals surface area contributed by atoms with E-state index in [1.54, 1.807) is 12.0 Å². The normalized spacial score (nSPS) is 14.4. The van der Waals surface area contributed by atoms with E-state index in [4.69, 9.17) is 10.00 Å². The summed E-state index contributed by atoms with van der Waals surface area (Å²) in [6.45, 7) is 0.856. The monoisotopic (exact) mass is 433 g/mol. The molecule has 0 bridgehead atoms. The van der Waals surface area contributed by atoms with Crippen LogP contribution >= 0.6 is 0 Å². The predicted molar refractivity (Wildman–Crippen MR) is 124 cm³/mol. The predicted octanol–water partition coefficient (Wildman–Crippen LogP) is 4.35. The molecule has 1 fully saturated rings. The van der Waals surface area contributed by atoms with Crippen LogP contribution in [0.3, 0.4) is 0 Å². The molecule has 0 unspecified atom stereocenters. The van der Waals surface area contributed by atoms with Crippen molar-refractivity contribution in [1.29, 1.82) is 5.26 Å². The molecular weight excluding hydrogens is 402 g/mol. The Morgan fingerprint density at radius 1 is 1.06 bits per heavy atom. The van der Waals surface area contributed by atoms with E-state index in [0.29, 0.717) is 13.1 Å². The molecule has 1 aliphatic rings. The summed E-state index contributed by atoms with van der Waals surface area (Å²) in [5.74, 6) is 0.574. The van der Waals surface area contributed by atoms with Crippen molar-refractivity contribution in [2.75, 3.05) is 25.1 Å². The number of anilines is 1. The van der Waals surface area contributed by atoms with Crippen molar-refractivity contribution in [1.82, 2.24) is 5.32 Å². The molecule has 0 aliphatic heterocycles. The molecule has 6 heteroatoms. The third kappa shape index (κ3) is 5.67. The summed E-state index contributed by atoms with van der Waals surface area (Å²) in [5.41, 5.74) is 1.76. The number of hydrogen-bond donors (Lipinski definition) is 1. The standard InChI is InChI=1S/C26H31N3O3/c1-32-23-13-6-5-12-22(23)26(16-7-8-17-26)20-28-24(30)14-15-25(31)29(19-9-18-27)21-10-3-2-4-11-21/h2-6,10-13H,7-9,14-17,19-20H2,1H3,(H,28,30). The van der Waals surface area contributed by atoms with E-state index in [9.17, 15) is 9.59 Å². The smallest absolute Gasteiger partial charge is 0.227 e. The van der Waals surface area contributed by atoms with E-state index in [2.05, 4.69) is 17.5 Å². The minimum atomic E-state index is -0.151. The van der Waals surface area contributed by atoms with Crippen molar-refractivity contribution in [3.8, 4) is 11.8 Å². The van der Waals surface area contributed by atoms with Crippen LogP contribution in [0.25, 0.3) is 0 Å². The van der Waals surface area contributed by atoms with Gasteiger partial charge in [0, 0.05) is 42.6 Å². The number of benzene rings is 2. The van der Waals surface area contributed by atoms with Gasteiger partial charge < -0.3 is 15.0 Å². The van der Waals surface area contributed by atoms with Crippen LogP contribution in [0.15, 0.2) is 54.6 Å². The summed E-state index contributed by atoms with van der Waals surface area (Å²) in [5, 5.41) is 12.0. The van der Waals surface area contributed by atoms with Gasteiger partial charge in [0.15, 0.2) is 0 Å². The minimum Gasteiger partial charge on any atom is -0.496 e. The van der Waals surface area contributed by atoms with Crippen LogP contribution in [-0.4, -0.2) is 32.0 Å². The molecule has 0 atom stereocenters. The molecule has 168 valence electrons. The summed E-state index contributed by atoms with van der Waals surface area (Å²) in [6, 6.07) is 19.4. The van der Waals surface area contributed by atoms with Crippen molar-refractivity contribution in [3.05, 3.63) is 60.2 Å². The Morgan fingerprint density at radius 2 is 1.75 bits per heavy atom. The summed E-state index contributed by atoms with van der Waals surface area (Å²) >= 11 is 0. The van der Waals surface area contributed by atoms with Gasteiger partial charge in [-0.15, -0.1) is 0 Å². The van der Waals surface area contributed by atoms with Gasteiger partial charge in [-0.25, -0.2) is 0 Å². The van der Waals surface area contributed by atoms with Crippen LogP contribution in [0.2, 0.25) is 0 Å². The molecule has 1 saturated carbocycles. The van der Waals surface area contributed by atoms with E-state index in [0.717, 1.165) is 42.7 Å². The largest absolute Gasteiger partial charge is 0.496 e. The van der Waals surface area contributed by atoms with E-state index in [1.807, 2.05) is 48.5 Å². The third-order valence-electron chi connectivity index (χ3n) is 6.24. The lowest BCUT2D eigenvalue weighted by Crippen LogP contribution is -2.40. The van der Waals surface area contributed by atoms with Crippen LogP contribution in [0.5, 0.6) is 5.75 Å². The van der Waals surface area contributed by atoms with Gasteiger partial charge >= 0.3 is 0 Å². The molecular formula is C26H31N3O3. The molecule has 0 saturated heterocycles. The maximum Gasteiger partial charge on any atom is 0.227 e.